The average molecular weight is 251 g/mol. The molecule has 0 aliphatic carbocycles. The number of nitrogens with zero attached hydrogens (tertiary/aromatic N) is 1. The van der Waals surface area contributed by atoms with Gasteiger partial charge in [0.25, 0.3) is 0 Å². The van der Waals surface area contributed by atoms with Crippen molar-refractivity contribution in [2.24, 2.45) is 0 Å². The minimum Gasteiger partial charge on any atom is -0.315 e. The molecule has 0 aromatic heterocycles. The zero-order valence-electron chi connectivity index (χ0n) is 11.0. The third-order valence-corrected chi connectivity index (χ3v) is 3.50. The molecule has 1 aliphatic rings. The van der Waals surface area contributed by atoms with Gasteiger partial charge in [-0.3, -0.25) is 4.90 Å². The molecule has 1 heterocycles. The summed E-state index contributed by atoms with van der Waals surface area (Å²) in [5.41, 5.74) is 1.05. The Balaban J connectivity index is 1.66. The summed E-state index contributed by atoms with van der Waals surface area (Å²) in [7, 11) is 2.17. The van der Waals surface area contributed by atoms with Gasteiger partial charge in [-0.15, -0.1) is 0 Å². The summed E-state index contributed by atoms with van der Waals surface area (Å²) in [6, 6.07) is 7.39. The number of nitrogens with one attached hydrogen (secondary N) is 2. The van der Waals surface area contributed by atoms with Gasteiger partial charge in [-0.25, -0.2) is 4.39 Å². The smallest absolute Gasteiger partial charge is 0.123 e. The maximum atomic E-state index is 13.0. The van der Waals surface area contributed by atoms with E-state index < -0.39 is 0 Å². The summed E-state index contributed by atoms with van der Waals surface area (Å²) < 4.78 is 13.0. The van der Waals surface area contributed by atoms with Gasteiger partial charge in [0.2, 0.25) is 0 Å². The Morgan fingerprint density at radius 1 is 1.50 bits per heavy atom. The van der Waals surface area contributed by atoms with Crippen LogP contribution in [0.25, 0.3) is 0 Å². The maximum absolute atomic E-state index is 13.0. The summed E-state index contributed by atoms with van der Waals surface area (Å²) in [5, 5.41) is 6.85. The third kappa shape index (κ3) is 4.05. The van der Waals surface area contributed by atoms with E-state index in [0.717, 1.165) is 44.7 Å². The summed E-state index contributed by atoms with van der Waals surface area (Å²) in [4.78, 5) is 2.38. The van der Waals surface area contributed by atoms with Crippen molar-refractivity contribution in [2.45, 2.75) is 12.5 Å². The molecule has 1 aliphatic heterocycles. The Hall–Kier alpha value is -0.970. The van der Waals surface area contributed by atoms with Crippen molar-refractivity contribution in [3.8, 4) is 0 Å². The highest BCUT2D eigenvalue weighted by Gasteiger charge is 2.17. The number of hydrogen-bond acceptors (Lipinski definition) is 3. The van der Waals surface area contributed by atoms with Crippen LogP contribution in [0.2, 0.25) is 0 Å². The molecule has 2 N–H and O–H groups in total. The summed E-state index contributed by atoms with van der Waals surface area (Å²) in [6.07, 6.45) is 0.877. The average Bonchev–Trinajstić information content (AvgIpc) is 2.37. The fourth-order valence-electron chi connectivity index (χ4n) is 2.28. The Morgan fingerprint density at radius 2 is 2.39 bits per heavy atom. The van der Waals surface area contributed by atoms with E-state index in [1.54, 1.807) is 12.1 Å². The van der Waals surface area contributed by atoms with Crippen LogP contribution in [-0.4, -0.2) is 50.7 Å². The molecule has 0 saturated carbocycles. The van der Waals surface area contributed by atoms with Gasteiger partial charge in [0.05, 0.1) is 0 Å². The minimum atomic E-state index is -0.149. The lowest BCUT2D eigenvalue weighted by Gasteiger charge is -2.33. The number of hydrogen-bond donors (Lipinski definition) is 2. The monoisotopic (exact) mass is 251 g/mol. The predicted molar refractivity (Wildman–Crippen MR) is 72.3 cm³/mol. The second kappa shape index (κ2) is 6.83. The second-order valence-corrected chi connectivity index (χ2v) is 4.92. The highest BCUT2D eigenvalue weighted by atomic mass is 19.1. The van der Waals surface area contributed by atoms with Crippen LogP contribution in [0.15, 0.2) is 24.3 Å². The van der Waals surface area contributed by atoms with Gasteiger partial charge in [-0.2, -0.15) is 0 Å². The molecule has 100 valence electrons. The second-order valence-electron chi connectivity index (χ2n) is 4.92. The van der Waals surface area contributed by atoms with Gasteiger partial charge >= 0.3 is 0 Å². The van der Waals surface area contributed by atoms with Crippen molar-refractivity contribution < 1.29 is 4.39 Å². The molecular formula is C14H22FN3. The molecule has 1 aromatic rings. The third-order valence-electron chi connectivity index (χ3n) is 3.50. The molecule has 3 nitrogen and oxygen atoms in total. The Labute approximate surface area is 108 Å². The molecule has 0 spiro atoms. The lowest BCUT2D eigenvalue weighted by atomic mass is 10.1. The van der Waals surface area contributed by atoms with Crippen molar-refractivity contribution in [3.63, 3.8) is 0 Å². The van der Waals surface area contributed by atoms with E-state index >= 15 is 0 Å². The Morgan fingerprint density at radius 3 is 3.17 bits per heavy atom. The van der Waals surface area contributed by atoms with Gasteiger partial charge in [0, 0.05) is 32.2 Å². The quantitative estimate of drug-likeness (QED) is 0.760. The first-order valence-corrected chi connectivity index (χ1v) is 6.62. The van der Waals surface area contributed by atoms with E-state index in [-0.39, 0.29) is 5.82 Å². The standard InChI is InChI=1S/C14H22FN3/c1-18-8-7-17-11-14(18)10-16-6-5-12-3-2-4-13(15)9-12/h2-4,9,14,16-17H,5-8,10-11H2,1H3. The molecule has 1 unspecified atom stereocenters. The topological polar surface area (TPSA) is 27.3 Å². The van der Waals surface area contributed by atoms with E-state index in [2.05, 4.69) is 22.6 Å². The molecule has 1 aromatic carbocycles. The van der Waals surface area contributed by atoms with Gasteiger partial charge < -0.3 is 10.6 Å². The molecule has 4 heteroatoms. The maximum Gasteiger partial charge on any atom is 0.123 e. The van der Waals surface area contributed by atoms with Crippen LogP contribution >= 0.6 is 0 Å². The Bertz CT molecular complexity index is 370. The first-order valence-electron chi connectivity index (χ1n) is 6.62. The van der Waals surface area contributed by atoms with E-state index in [1.807, 2.05) is 6.07 Å². The summed E-state index contributed by atoms with van der Waals surface area (Å²) in [5.74, 6) is -0.149. The number of likely N-dealkylation sites (N-methyl/N-ethyl adjacent to an activating group) is 1. The molecule has 2 rings (SSSR count). The van der Waals surface area contributed by atoms with Crippen molar-refractivity contribution in [2.75, 3.05) is 39.8 Å². The van der Waals surface area contributed by atoms with Gasteiger partial charge in [0.15, 0.2) is 0 Å². The molecule has 0 bridgehead atoms. The normalized spacial score (nSPS) is 21.1. The van der Waals surface area contributed by atoms with Crippen molar-refractivity contribution in [3.05, 3.63) is 35.6 Å². The summed E-state index contributed by atoms with van der Waals surface area (Å²) in [6.45, 7) is 5.11. The number of halogens is 1. The largest absolute Gasteiger partial charge is 0.315 e. The van der Waals surface area contributed by atoms with Crippen LogP contribution in [0.1, 0.15) is 5.56 Å². The molecular weight excluding hydrogens is 229 g/mol. The SMILES string of the molecule is CN1CCNCC1CNCCc1cccc(F)c1. The number of benzene rings is 1. The first-order chi connectivity index (χ1) is 8.75. The minimum absolute atomic E-state index is 0.149. The zero-order chi connectivity index (χ0) is 12.8. The van der Waals surface area contributed by atoms with Crippen LogP contribution in [-0.2, 0) is 6.42 Å². The lowest BCUT2D eigenvalue weighted by Crippen LogP contribution is -2.53. The van der Waals surface area contributed by atoms with Crippen molar-refractivity contribution >= 4 is 0 Å². The fourth-order valence-corrected chi connectivity index (χ4v) is 2.28. The van der Waals surface area contributed by atoms with Crippen LogP contribution in [0, 0.1) is 5.82 Å². The van der Waals surface area contributed by atoms with E-state index in [0.29, 0.717) is 6.04 Å². The van der Waals surface area contributed by atoms with Crippen LogP contribution in [0.5, 0.6) is 0 Å². The highest BCUT2D eigenvalue weighted by molar-refractivity contribution is 5.16. The van der Waals surface area contributed by atoms with Crippen LogP contribution in [0.4, 0.5) is 4.39 Å². The molecule has 1 atom stereocenters. The van der Waals surface area contributed by atoms with Crippen molar-refractivity contribution in [1.82, 2.24) is 15.5 Å². The van der Waals surface area contributed by atoms with E-state index in [4.69, 9.17) is 0 Å². The summed E-state index contributed by atoms with van der Waals surface area (Å²) >= 11 is 0. The first kappa shape index (κ1) is 13.5. The van der Waals surface area contributed by atoms with Gasteiger partial charge in [0.1, 0.15) is 5.82 Å². The van der Waals surface area contributed by atoms with Crippen LogP contribution < -0.4 is 10.6 Å². The van der Waals surface area contributed by atoms with E-state index in [9.17, 15) is 4.39 Å². The molecule has 0 amide bonds. The Kier molecular flexibility index (Phi) is 5.11. The molecule has 18 heavy (non-hydrogen) atoms. The highest BCUT2D eigenvalue weighted by Crippen LogP contribution is 2.03. The molecule has 0 radical (unpaired) electrons. The van der Waals surface area contributed by atoms with Crippen molar-refractivity contribution in [1.29, 1.82) is 0 Å². The van der Waals surface area contributed by atoms with Crippen LogP contribution in [0.3, 0.4) is 0 Å². The number of rotatable bonds is 5. The van der Waals surface area contributed by atoms with Gasteiger partial charge in [-0.05, 0) is 37.7 Å². The van der Waals surface area contributed by atoms with E-state index in [1.165, 1.54) is 6.07 Å². The predicted octanol–water partition coefficient (Wildman–Crippen LogP) is 0.861. The number of piperazine rings is 1. The lowest BCUT2D eigenvalue weighted by molar-refractivity contribution is 0.196. The molecule has 1 fully saturated rings. The van der Waals surface area contributed by atoms with Gasteiger partial charge in [-0.1, -0.05) is 12.1 Å². The fraction of sp³-hybridized carbons (Fsp3) is 0.571. The molecule has 1 saturated heterocycles. The zero-order valence-corrected chi connectivity index (χ0v) is 11.0.